The molecular weight excluding hydrogens is 236 g/mol. The zero-order valence-electron chi connectivity index (χ0n) is 12.0. The second kappa shape index (κ2) is 5.12. The molecule has 1 fully saturated rings. The fourth-order valence-corrected chi connectivity index (χ4v) is 3.20. The standard InChI is InChI=1S/C16H24N2O/c1-11(2)17-14-6-7-15-13(9-14)5-8-16(19)18(15)10-12-3-4-12/h5,8,11-12,14,17H,3-4,6-7,9-10H2,1-2H3/t14-/m0/s1. The highest BCUT2D eigenvalue weighted by Gasteiger charge is 2.26. The largest absolute Gasteiger partial charge is 0.312 e. The second-order valence-corrected chi connectivity index (χ2v) is 6.46. The fourth-order valence-electron chi connectivity index (χ4n) is 3.20. The molecule has 1 aromatic rings. The predicted octanol–water partition coefficient (Wildman–Crippen LogP) is 2.11. The van der Waals surface area contributed by atoms with Gasteiger partial charge in [-0.25, -0.2) is 0 Å². The van der Waals surface area contributed by atoms with E-state index in [1.807, 2.05) is 0 Å². The summed E-state index contributed by atoms with van der Waals surface area (Å²) < 4.78 is 2.05. The van der Waals surface area contributed by atoms with E-state index < -0.39 is 0 Å². The third-order valence-electron chi connectivity index (χ3n) is 4.29. The van der Waals surface area contributed by atoms with Crippen LogP contribution in [0.1, 0.15) is 44.4 Å². The van der Waals surface area contributed by atoms with E-state index in [4.69, 9.17) is 0 Å². The summed E-state index contributed by atoms with van der Waals surface area (Å²) in [6, 6.07) is 4.91. The molecule has 3 nitrogen and oxygen atoms in total. The fraction of sp³-hybridized carbons (Fsp3) is 0.688. The van der Waals surface area contributed by atoms with Gasteiger partial charge in [0.2, 0.25) is 0 Å². The Bertz CT molecular complexity index is 514. The van der Waals surface area contributed by atoms with Gasteiger partial charge in [0.25, 0.3) is 5.56 Å². The molecule has 1 N–H and O–H groups in total. The van der Waals surface area contributed by atoms with Crippen LogP contribution in [0.15, 0.2) is 16.9 Å². The first kappa shape index (κ1) is 12.9. The van der Waals surface area contributed by atoms with Gasteiger partial charge >= 0.3 is 0 Å². The highest BCUT2D eigenvalue weighted by Crippen LogP contribution is 2.31. The number of nitrogens with one attached hydrogen (secondary N) is 1. The molecule has 1 heterocycles. The van der Waals surface area contributed by atoms with Gasteiger partial charge in [0.15, 0.2) is 0 Å². The van der Waals surface area contributed by atoms with Crippen LogP contribution in [0.25, 0.3) is 0 Å². The topological polar surface area (TPSA) is 34.0 Å². The first-order valence-electron chi connectivity index (χ1n) is 7.61. The highest BCUT2D eigenvalue weighted by molar-refractivity contribution is 5.25. The first-order valence-corrected chi connectivity index (χ1v) is 7.61. The van der Waals surface area contributed by atoms with Crippen LogP contribution in [0.2, 0.25) is 0 Å². The van der Waals surface area contributed by atoms with E-state index in [-0.39, 0.29) is 5.56 Å². The van der Waals surface area contributed by atoms with Crippen molar-refractivity contribution in [2.24, 2.45) is 5.92 Å². The molecule has 0 aromatic carbocycles. The van der Waals surface area contributed by atoms with E-state index in [1.165, 1.54) is 24.1 Å². The average Bonchev–Trinajstić information content (AvgIpc) is 3.16. The lowest BCUT2D eigenvalue weighted by Crippen LogP contribution is -2.40. The number of hydrogen-bond acceptors (Lipinski definition) is 2. The van der Waals surface area contributed by atoms with Crippen LogP contribution in [0, 0.1) is 5.92 Å². The van der Waals surface area contributed by atoms with E-state index in [9.17, 15) is 4.79 Å². The zero-order chi connectivity index (χ0) is 13.4. The molecule has 0 radical (unpaired) electrons. The molecule has 1 atom stereocenters. The third kappa shape index (κ3) is 2.92. The Morgan fingerprint density at radius 3 is 2.79 bits per heavy atom. The summed E-state index contributed by atoms with van der Waals surface area (Å²) >= 11 is 0. The molecule has 1 aromatic heterocycles. The number of hydrogen-bond donors (Lipinski definition) is 1. The minimum Gasteiger partial charge on any atom is -0.312 e. The van der Waals surface area contributed by atoms with Gasteiger partial charge in [0.1, 0.15) is 0 Å². The predicted molar refractivity (Wildman–Crippen MR) is 77.5 cm³/mol. The lowest BCUT2D eigenvalue weighted by Gasteiger charge is -2.29. The zero-order valence-corrected chi connectivity index (χ0v) is 12.0. The van der Waals surface area contributed by atoms with Crippen molar-refractivity contribution in [2.75, 3.05) is 0 Å². The van der Waals surface area contributed by atoms with Crippen molar-refractivity contribution in [3.63, 3.8) is 0 Å². The molecule has 0 aliphatic heterocycles. The van der Waals surface area contributed by atoms with Crippen LogP contribution < -0.4 is 10.9 Å². The normalized spacial score (nSPS) is 22.6. The van der Waals surface area contributed by atoms with Crippen molar-refractivity contribution in [3.05, 3.63) is 33.7 Å². The first-order chi connectivity index (χ1) is 9.13. The SMILES string of the molecule is CC(C)N[C@H]1CCc2c(ccc(=O)n2CC2CC2)C1. The summed E-state index contributed by atoms with van der Waals surface area (Å²) in [5.74, 6) is 0.760. The molecule has 0 spiro atoms. The smallest absolute Gasteiger partial charge is 0.250 e. The Labute approximate surface area is 115 Å². The van der Waals surface area contributed by atoms with E-state index in [0.717, 1.165) is 31.7 Å². The highest BCUT2D eigenvalue weighted by atomic mass is 16.1. The van der Waals surface area contributed by atoms with Crippen LogP contribution in [-0.2, 0) is 19.4 Å². The average molecular weight is 260 g/mol. The van der Waals surface area contributed by atoms with Gasteiger partial charge in [-0.1, -0.05) is 19.9 Å². The molecule has 0 saturated heterocycles. The van der Waals surface area contributed by atoms with Crippen molar-refractivity contribution >= 4 is 0 Å². The van der Waals surface area contributed by atoms with Crippen LogP contribution in [-0.4, -0.2) is 16.7 Å². The summed E-state index contributed by atoms with van der Waals surface area (Å²) in [6.45, 7) is 5.34. The van der Waals surface area contributed by atoms with Crippen LogP contribution >= 0.6 is 0 Å². The van der Waals surface area contributed by atoms with Gasteiger partial charge in [-0.05, 0) is 43.6 Å². The molecule has 104 valence electrons. The summed E-state index contributed by atoms with van der Waals surface area (Å²) in [5, 5.41) is 3.62. The molecule has 1 saturated carbocycles. The molecule has 2 aliphatic rings. The number of pyridine rings is 1. The molecule has 0 unspecified atom stereocenters. The monoisotopic (exact) mass is 260 g/mol. The third-order valence-corrected chi connectivity index (χ3v) is 4.29. The van der Waals surface area contributed by atoms with E-state index in [2.05, 4.69) is 29.8 Å². The number of nitrogens with zero attached hydrogens (tertiary/aromatic N) is 1. The van der Waals surface area contributed by atoms with Gasteiger partial charge in [-0.2, -0.15) is 0 Å². The summed E-state index contributed by atoms with van der Waals surface area (Å²) in [5.41, 5.74) is 2.88. The second-order valence-electron chi connectivity index (χ2n) is 6.46. The molecule has 2 aliphatic carbocycles. The van der Waals surface area contributed by atoms with Gasteiger partial charge in [-0.3, -0.25) is 4.79 Å². The molecule has 19 heavy (non-hydrogen) atoms. The molecule has 3 heteroatoms. The maximum Gasteiger partial charge on any atom is 0.250 e. The Morgan fingerprint density at radius 1 is 1.32 bits per heavy atom. The molecule has 3 rings (SSSR count). The van der Waals surface area contributed by atoms with E-state index >= 15 is 0 Å². The maximum atomic E-state index is 12.1. The quantitative estimate of drug-likeness (QED) is 0.899. The number of rotatable bonds is 4. The van der Waals surface area contributed by atoms with Crippen molar-refractivity contribution in [1.82, 2.24) is 9.88 Å². The molecule has 0 amide bonds. The number of fused-ring (bicyclic) bond motifs is 1. The summed E-state index contributed by atoms with van der Waals surface area (Å²) in [4.78, 5) is 12.1. The van der Waals surface area contributed by atoms with Crippen molar-refractivity contribution < 1.29 is 0 Å². The minimum absolute atomic E-state index is 0.195. The summed E-state index contributed by atoms with van der Waals surface area (Å²) in [7, 11) is 0. The van der Waals surface area contributed by atoms with Gasteiger partial charge < -0.3 is 9.88 Å². The van der Waals surface area contributed by atoms with Crippen molar-refractivity contribution in [1.29, 1.82) is 0 Å². The minimum atomic E-state index is 0.195. The van der Waals surface area contributed by atoms with Crippen LogP contribution in [0.3, 0.4) is 0 Å². The lowest BCUT2D eigenvalue weighted by atomic mass is 9.91. The van der Waals surface area contributed by atoms with E-state index in [1.54, 1.807) is 6.07 Å². The van der Waals surface area contributed by atoms with Crippen molar-refractivity contribution in [2.45, 2.75) is 64.6 Å². The number of aromatic nitrogens is 1. The Kier molecular flexibility index (Phi) is 3.48. The molecular formula is C16H24N2O. The Hall–Kier alpha value is -1.09. The van der Waals surface area contributed by atoms with Gasteiger partial charge in [-0.15, -0.1) is 0 Å². The van der Waals surface area contributed by atoms with Crippen molar-refractivity contribution in [3.8, 4) is 0 Å². The Morgan fingerprint density at radius 2 is 2.11 bits per heavy atom. The van der Waals surface area contributed by atoms with Crippen LogP contribution in [0.4, 0.5) is 0 Å². The maximum absolute atomic E-state index is 12.1. The molecule has 0 bridgehead atoms. The van der Waals surface area contributed by atoms with Gasteiger partial charge in [0.05, 0.1) is 0 Å². The summed E-state index contributed by atoms with van der Waals surface area (Å²) in [6.07, 6.45) is 5.86. The van der Waals surface area contributed by atoms with Gasteiger partial charge in [0, 0.05) is 30.4 Å². The Balaban J connectivity index is 1.83. The van der Waals surface area contributed by atoms with E-state index in [0.29, 0.717) is 12.1 Å². The lowest BCUT2D eigenvalue weighted by molar-refractivity contribution is 0.407. The van der Waals surface area contributed by atoms with Crippen LogP contribution in [0.5, 0.6) is 0 Å².